The van der Waals surface area contributed by atoms with E-state index in [2.05, 4.69) is 65.2 Å². The smallest absolute Gasteiger partial charge is 0.147 e. The Morgan fingerprint density at radius 2 is 0.568 bits per heavy atom. The molecule has 2 nitrogen and oxygen atoms in total. The standard InChI is InChI=1S/C38H76N2S4/c1-33(2)25-17-9-13-21-29-39(30-22-14-10-18-26-34(3)4)37(41)43-44-38(42)40(31-23-15-11-19-27-35(5)6)32-24-16-12-20-28-36(7)8/h33-36H,9-32H2,1-8H3. The Morgan fingerprint density at radius 1 is 0.364 bits per heavy atom. The van der Waals surface area contributed by atoms with Gasteiger partial charge in [0.1, 0.15) is 8.64 Å². The molecule has 0 aliphatic carbocycles. The van der Waals surface area contributed by atoms with Crippen LogP contribution in [0.25, 0.3) is 0 Å². The maximum absolute atomic E-state index is 6.05. The summed E-state index contributed by atoms with van der Waals surface area (Å²) in [5.41, 5.74) is 0. The van der Waals surface area contributed by atoms with Crippen molar-refractivity contribution in [1.82, 2.24) is 9.80 Å². The van der Waals surface area contributed by atoms with E-state index in [-0.39, 0.29) is 0 Å². The van der Waals surface area contributed by atoms with Crippen LogP contribution in [0.2, 0.25) is 0 Å². The van der Waals surface area contributed by atoms with E-state index in [1.165, 1.54) is 128 Å². The summed E-state index contributed by atoms with van der Waals surface area (Å²) >= 11 is 12.1. The van der Waals surface area contributed by atoms with Gasteiger partial charge in [-0.1, -0.05) is 183 Å². The lowest BCUT2D eigenvalue weighted by Crippen LogP contribution is -2.31. The zero-order chi connectivity index (χ0) is 33.0. The van der Waals surface area contributed by atoms with E-state index in [0.29, 0.717) is 0 Å². The first kappa shape index (κ1) is 44.5. The topological polar surface area (TPSA) is 6.48 Å². The number of hydrogen-bond acceptors (Lipinski definition) is 4. The highest BCUT2D eigenvalue weighted by Crippen LogP contribution is 2.30. The summed E-state index contributed by atoms with van der Waals surface area (Å²) in [7, 11) is 3.52. The highest BCUT2D eigenvalue weighted by molar-refractivity contribution is 8.89. The molecule has 0 amide bonds. The SMILES string of the molecule is CC(C)CCCCCCN(CCCCCCC(C)C)C(=S)SSC(=S)N(CCCCCCC(C)C)CCCCCCC(C)C. The van der Waals surface area contributed by atoms with Gasteiger partial charge in [-0.25, -0.2) is 0 Å². The van der Waals surface area contributed by atoms with E-state index >= 15 is 0 Å². The Morgan fingerprint density at radius 3 is 0.773 bits per heavy atom. The van der Waals surface area contributed by atoms with Gasteiger partial charge >= 0.3 is 0 Å². The molecule has 0 aromatic rings. The molecule has 0 bridgehead atoms. The van der Waals surface area contributed by atoms with Crippen molar-refractivity contribution < 1.29 is 0 Å². The van der Waals surface area contributed by atoms with Crippen LogP contribution in [0.3, 0.4) is 0 Å². The molecular weight excluding hydrogens is 613 g/mol. The minimum atomic E-state index is 0.821. The number of nitrogens with zero attached hydrogens (tertiary/aromatic N) is 2. The Labute approximate surface area is 296 Å². The van der Waals surface area contributed by atoms with Gasteiger partial charge in [0.05, 0.1) is 0 Å². The lowest BCUT2D eigenvalue weighted by atomic mass is 10.0. The van der Waals surface area contributed by atoms with Crippen molar-refractivity contribution in [2.45, 2.75) is 184 Å². The Balaban J connectivity index is 4.87. The maximum Gasteiger partial charge on any atom is 0.147 e. The average molecular weight is 689 g/mol. The number of hydrogen-bond donors (Lipinski definition) is 0. The summed E-state index contributed by atoms with van der Waals surface area (Å²) < 4.78 is 2.09. The molecule has 44 heavy (non-hydrogen) atoms. The number of thiocarbonyl (C=S) groups is 2. The van der Waals surface area contributed by atoms with Crippen LogP contribution in [0.5, 0.6) is 0 Å². The van der Waals surface area contributed by atoms with E-state index in [1.807, 2.05) is 0 Å². The zero-order valence-electron chi connectivity index (χ0n) is 30.8. The van der Waals surface area contributed by atoms with Gasteiger partial charge in [-0.3, -0.25) is 0 Å². The normalized spacial score (nSPS) is 11.8. The van der Waals surface area contributed by atoms with Crippen molar-refractivity contribution in [1.29, 1.82) is 0 Å². The maximum atomic E-state index is 6.05. The molecule has 0 atom stereocenters. The molecule has 0 aromatic carbocycles. The predicted molar refractivity (Wildman–Crippen MR) is 215 cm³/mol. The fourth-order valence-corrected chi connectivity index (χ4v) is 8.36. The first-order valence-electron chi connectivity index (χ1n) is 18.9. The van der Waals surface area contributed by atoms with Gasteiger partial charge in [0.25, 0.3) is 0 Å². The second-order valence-corrected chi connectivity index (χ2v) is 18.5. The molecule has 0 aliphatic heterocycles. The second kappa shape index (κ2) is 30.8. The summed E-state index contributed by atoms with van der Waals surface area (Å²) in [4.78, 5) is 5.02. The molecule has 0 spiro atoms. The third-order valence-electron chi connectivity index (χ3n) is 8.54. The molecule has 0 aliphatic rings. The van der Waals surface area contributed by atoms with Gasteiger partial charge in [0.2, 0.25) is 0 Å². The molecule has 0 unspecified atom stereocenters. The quantitative estimate of drug-likeness (QED) is 0.0455. The average Bonchev–Trinajstić information content (AvgIpc) is 2.95. The molecule has 6 heteroatoms. The molecule has 0 aromatic heterocycles. The van der Waals surface area contributed by atoms with Gasteiger partial charge in [-0.15, -0.1) is 0 Å². The largest absolute Gasteiger partial charge is 0.357 e. The summed E-state index contributed by atoms with van der Waals surface area (Å²) in [6, 6.07) is 0. The van der Waals surface area contributed by atoms with Gasteiger partial charge in [-0.2, -0.15) is 0 Å². The van der Waals surface area contributed by atoms with E-state index in [4.69, 9.17) is 24.4 Å². The Hall–Kier alpha value is 0.480. The molecule has 0 saturated carbocycles. The van der Waals surface area contributed by atoms with Crippen LogP contribution >= 0.6 is 46.0 Å². The van der Waals surface area contributed by atoms with Crippen LogP contribution < -0.4 is 0 Å². The molecule has 0 rings (SSSR count). The van der Waals surface area contributed by atoms with Crippen molar-refractivity contribution in [2.75, 3.05) is 26.2 Å². The van der Waals surface area contributed by atoms with Crippen molar-refractivity contribution >= 4 is 54.7 Å². The van der Waals surface area contributed by atoms with Crippen LogP contribution in [0.4, 0.5) is 0 Å². The highest BCUT2D eigenvalue weighted by Gasteiger charge is 2.16. The fraction of sp³-hybridized carbons (Fsp3) is 0.947. The van der Waals surface area contributed by atoms with Crippen LogP contribution in [-0.4, -0.2) is 44.6 Å². The van der Waals surface area contributed by atoms with Crippen LogP contribution in [-0.2, 0) is 0 Å². The highest BCUT2D eigenvalue weighted by atomic mass is 33.1. The first-order valence-corrected chi connectivity index (χ1v) is 21.9. The molecule has 0 saturated heterocycles. The molecule has 0 fully saturated rings. The van der Waals surface area contributed by atoms with Gasteiger partial charge < -0.3 is 9.80 Å². The third-order valence-corrected chi connectivity index (χ3v) is 12.3. The van der Waals surface area contributed by atoms with E-state index in [9.17, 15) is 0 Å². The van der Waals surface area contributed by atoms with E-state index in [0.717, 1.165) is 58.5 Å². The summed E-state index contributed by atoms with van der Waals surface area (Å²) in [5.74, 6) is 3.28. The third kappa shape index (κ3) is 29.9. The molecular formula is C38H76N2S4. The fourth-order valence-electron chi connectivity index (χ4n) is 5.60. The van der Waals surface area contributed by atoms with Crippen molar-refractivity contribution in [3.8, 4) is 0 Å². The van der Waals surface area contributed by atoms with E-state index in [1.54, 1.807) is 21.6 Å². The van der Waals surface area contributed by atoms with E-state index < -0.39 is 0 Å². The molecule has 0 heterocycles. The Kier molecular flexibility index (Phi) is 31.1. The minimum Gasteiger partial charge on any atom is -0.357 e. The predicted octanol–water partition coefficient (Wildman–Crippen LogP) is 14.0. The minimum absolute atomic E-state index is 0.821. The lowest BCUT2D eigenvalue weighted by molar-refractivity contribution is 0.391. The van der Waals surface area contributed by atoms with Crippen LogP contribution in [0.1, 0.15) is 184 Å². The molecule has 0 N–H and O–H groups in total. The Bertz CT molecular complexity index is 569. The lowest BCUT2D eigenvalue weighted by Gasteiger charge is -2.27. The monoisotopic (exact) mass is 688 g/mol. The molecule has 0 radical (unpaired) electrons. The van der Waals surface area contributed by atoms with Gasteiger partial charge in [0.15, 0.2) is 0 Å². The molecule has 262 valence electrons. The number of unbranched alkanes of at least 4 members (excludes halogenated alkanes) is 12. The van der Waals surface area contributed by atoms with Crippen molar-refractivity contribution in [2.24, 2.45) is 23.7 Å². The first-order chi connectivity index (χ1) is 21.0. The summed E-state index contributed by atoms with van der Waals surface area (Å²) in [5, 5.41) is 0. The number of rotatable bonds is 28. The summed E-state index contributed by atoms with van der Waals surface area (Å²) in [6.07, 6.45) is 26.6. The van der Waals surface area contributed by atoms with Crippen molar-refractivity contribution in [3.63, 3.8) is 0 Å². The van der Waals surface area contributed by atoms with Gasteiger partial charge in [-0.05, 0) is 70.9 Å². The van der Waals surface area contributed by atoms with Gasteiger partial charge in [0, 0.05) is 26.2 Å². The van der Waals surface area contributed by atoms with Crippen LogP contribution in [0, 0.1) is 23.7 Å². The zero-order valence-corrected chi connectivity index (χ0v) is 34.1. The van der Waals surface area contributed by atoms with Crippen LogP contribution in [0.15, 0.2) is 0 Å². The summed E-state index contributed by atoms with van der Waals surface area (Å²) in [6.45, 7) is 23.1. The second-order valence-electron chi connectivity index (χ2n) is 15.1. The van der Waals surface area contributed by atoms with Crippen molar-refractivity contribution in [3.05, 3.63) is 0 Å².